The molecular formula is C18H29N7O3. The summed E-state index contributed by atoms with van der Waals surface area (Å²) in [4.78, 5) is 36.4. The Bertz CT molecular complexity index is 677. The lowest BCUT2D eigenvalue weighted by atomic mass is 9.92. The Morgan fingerprint density at radius 1 is 1.21 bits per heavy atom. The van der Waals surface area contributed by atoms with E-state index in [1.54, 1.807) is 0 Å². The molecule has 0 aliphatic heterocycles. The normalized spacial score (nSPS) is 17.8. The third-order valence-electron chi connectivity index (χ3n) is 5.20. The van der Waals surface area contributed by atoms with Crippen LogP contribution in [0.25, 0.3) is 0 Å². The number of nitrogens with one attached hydrogen (secondary N) is 3. The summed E-state index contributed by atoms with van der Waals surface area (Å²) in [6.45, 7) is 1.91. The average molecular weight is 391 g/mol. The SMILES string of the molecule is CCc1nc(NNC(=O)C(CC2CCCC2)CN(O)C=O)nc(NC2CC2)n1. The molecule has 10 heteroatoms. The van der Waals surface area contributed by atoms with Crippen molar-refractivity contribution in [3.8, 4) is 0 Å². The summed E-state index contributed by atoms with van der Waals surface area (Å²) in [5.74, 6) is 1.01. The van der Waals surface area contributed by atoms with Crippen LogP contribution in [-0.2, 0) is 16.0 Å². The van der Waals surface area contributed by atoms with Gasteiger partial charge in [-0.3, -0.25) is 25.6 Å². The zero-order valence-corrected chi connectivity index (χ0v) is 16.2. The van der Waals surface area contributed by atoms with E-state index < -0.39 is 5.92 Å². The number of hydroxylamine groups is 2. The molecule has 1 aromatic heterocycles. The second kappa shape index (κ2) is 9.63. The lowest BCUT2D eigenvalue weighted by Crippen LogP contribution is -2.41. The molecule has 1 unspecified atom stereocenters. The van der Waals surface area contributed by atoms with Crippen molar-refractivity contribution in [3.63, 3.8) is 0 Å². The lowest BCUT2D eigenvalue weighted by Gasteiger charge is -2.22. The topological polar surface area (TPSA) is 132 Å². The van der Waals surface area contributed by atoms with Gasteiger partial charge in [0.05, 0.1) is 12.5 Å². The molecule has 2 fully saturated rings. The molecule has 1 atom stereocenters. The molecule has 4 N–H and O–H groups in total. The number of aromatic nitrogens is 3. The van der Waals surface area contributed by atoms with E-state index in [9.17, 15) is 14.8 Å². The Morgan fingerprint density at radius 3 is 2.57 bits per heavy atom. The minimum Gasteiger partial charge on any atom is -0.351 e. The zero-order chi connectivity index (χ0) is 19.9. The van der Waals surface area contributed by atoms with E-state index in [0.29, 0.717) is 48.0 Å². The molecule has 2 amide bonds. The van der Waals surface area contributed by atoms with Crippen molar-refractivity contribution in [3.05, 3.63) is 5.82 Å². The van der Waals surface area contributed by atoms with Crippen LogP contribution in [0.2, 0.25) is 0 Å². The van der Waals surface area contributed by atoms with Crippen LogP contribution in [0.4, 0.5) is 11.9 Å². The zero-order valence-electron chi connectivity index (χ0n) is 16.2. The van der Waals surface area contributed by atoms with E-state index in [1.807, 2.05) is 6.92 Å². The van der Waals surface area contributed by atoms with Gasteiger partial charge >= 0.3 is 0 Å². The van der Waals surface area contributed by atoms with E-state index in [1.165, 1.54) is 0 Å². The van der Waals surface area contributed by atoms with E-state index in [0.717, 1.165) is 38.5 Å². The first-order valence-electron chi connectivity index (χ1n) is 10.1. The van der Waals surface area contributed by atoms with Crippen LogP contribution in [0.3, 0.4) is 0 Å². The summed E-state index contributed by atoms with van der Waals surface area (Å²) < 4.78 is 0. The van der Waals surface area contributed by atoms with Crippen molar-refractivity contribution in [2.45, 2.75) is 64.3 Å². The van der Waals surface area contributed by atoms with Gasteiger partial charge in [0.2, 0.25) is 24.2 Å². The van der Waals surface area contributed by atoms with Gasteiger partial charge in [0.15, 0.2) is 0 Å². The molecule has 0 bridgehead atoms. The van der Waals surface area contributed by atoms with Gasteiger partial charge < -0.3 is 5.32 Å². The molecule has 154 valence electrons. The summed E-state index contributed by atoms with van der Waals surface area (Å²) in [6, 6.07) is 0.407. The Balaban J connectivity index is 1.61. The summed E-state index contributed by atoms with van der Waals surface area (Å²) in [5.41, 5.74) is 5.39. The molecule has 2 aliphatic carbocycles. The molecule has 1 aromatic rings. The molecule has 0 aromatic carbocycles. The summed E-state index contributed by atoms with van der Waals surface area (Å²) >= 11 is 0. The molecular weight excluding hydrogens is 362 g/mol. The average Bonchev–Trinajstić information content (AvgIpc) is 3.36. The van der Waals surface area contributed by atoms with Crippen LogP contribution in [0, 0.1) is 11.8 Å². The third-order valence-corrected chi connectivity index (χ3v) is 5.20. The predicted molar refractivity (Wildman–Crippen MR) is 102 cm³/mol. The minimum atomic E-state index is -0.512. The smallest absolute Gasteiger partial charge is 0.246 e. The molecule has 0 saturated heterocycles. The number of aryl methyl sites for hydroxylation is 1. The number of nitrogens with zero attached hydrogens (tertiary/aromatic N) is 4. The largest absolute Gasteiger partial charge is 0.351 e. The molecule has 10 nitrogen and oxygen atoms in total. The molecule has 2 saturated carbocycles. The van der Waals surface area contributed by atoms with Gasteiger partial charge in [-0.05, 0) is 25.2 Å². The number of anilines is 2. The van der Waals surface area contributed by atoms with Crippen molar-refractivity contribution in [2.75, 3.05) is 17.3 Å². The van der Waals surface area contributed by atoms with Gasteiger partial charge in [0.25, 0.3) is 0 Å². The number of hydrogen-bond acceptors (Lipinski definition) is 8. The van der Waals surface area contributed by atoms with E-state index in [4.69, 9.17) is 0 Å². The second-order valence-electron chi connectivity index (χ2n) is 7.60. The maximum absolute atomic E-state index is 12.7. The van der Waals surface area contributed by atoms with Crippen molar-refractivity contribution < 1.29 is 14.8 Å². The van der Waals surface area contributed by atoms with Crippen molar-refractivity contribution in [1.29, 1.82) is 0 Å². The van der Waals surface area contributed by atoms with Crippen LogP contribution in [0.15, 0.2) is 0 Å². The van der Waals surface area contributed by atoms with Gasteiger partial charge in [-0.15, -0.1) is 0 Å². The number of rotatable bonds is 11. The van der Waals surface area contributed by atoms with Crippen molar-refractivity contribution >= 4 is 24.2 Å². The van der Waals surface area contributed by atoms with E-state index in [-0.39, 0.29) is 18.4 Å². The van der Waals surface area contributed by atoms with Crippen LogP contribution in [0.5, 0.6) is 0 Å². The van der Waals surface area contributed by atoms with Crippen molar-refractivity contribution in [1.82, 2.24) is 25.4 Å². The number of amides is 2. The van der Waals surface area contributed by atoms with Crippen LogP contribution in [0.1, 0.15) is 57.7 Å². The standard InChI is InChI=1S/C18H29N7O3/c1-2-15-20-17(19-14-7-8-14)22-18(21-15)24-23-16(27)13(10-25(28)11-26)9-12-5-3-4-6-12/h11-14,28H,2-10H2,1H3,(H,23,27)(H2,19,20,21,22,24). The summed E-state index contributed by atoms with van der Waals surface area (Å²) in [6.07, 6.45) is 8.27. The second-order valence-corrected chi connectivity index (χ2v) is 7.60. The quantitative estimate of drug-likeness (QED) is 0.253. The number of carbonyl (C=O) groups is 2. The molecule has 3 rings (SSSR count). The first-order chi connectivity index (χ1) is 13.6. The predicted octanol–water partition coefficient (Wildman–Crippen LogP) is 1.50. The minimum absolute atomic E-state index is 0.0423. The van der Waals surface area contributed by atoms with Gasteiger partial charge in [0, 0.05) is 12.5 Å². The first-order valence-corrected chi connectivity index (χ1v) is 10.1. The van der Waals surface area contributed by atoms with E-state index in [2.05, 4.69) is 31.1 Å². The Labute approximate surface area is 164 Å². The maximum Gasteiger partial charge on any atom is 0.246 e. The highest BCUT2D eigenvalue weighted by Crippen LogP contribution is 2.30. The highest BCUT2D eigenvalue weighted by molar-refractivity contribution is 5.80. The maximum atomic E-state index is 12.7. The van der Waals surface area contributed by atoms with Gasteiger partial charge in [-0.2, -0.15) is 15.0 Å². The summed E-state index contributed by atoms with van der Waals surface area (Å²) in [5, 5.41) is 13.3. The van der Waals surface area contributed by atoms with Crippen LogP contribution >= 0.6 is 0 Å². The number of hydrogen-bond donors (Lipinski definition) is 4. The molecule has 2 aliphatic rings. The van der Waals surface area contributed by atoms with Crippen LogP contribution in [-0.4, -0.2) is 50.1 Å². The highest BCUT2D eigenvalue weighted by Gasteiger charge is 2.27. The van der Waals surface area contributed by atoms with Gasteiger partial charge in [-0.25, -0.2) is 5.06 Å². The molecule has 28 heavy (non-hydrogen) atoms. The van der Waals surface area contributed by atoms with Gasteiger partial charge in [-0.1, -0.05) is 32.6 Å². The number of hydrazine groups is 1. The monoisotopic (exact) mass is 391 g/mol. The first kappa shape index (κ1) is 20.2. The third kappa shape index (κ3) is 6.01. The fraction of sp³-hybridized carbons (Fsp3) is 0.722. The van der Waals surface area contributed by atoms with E-state index >= 15 is 0 Å². The molecule has 0 spiro atoms. The van der Waals surface area contributed by atoms with Gasteiger partial charge in [0.1, 0.15) is 5.82 Å². The highest BCUT2D eigenvalue weighted by atomic mass is 16.5. The molecule has 0 radical (unpaired) electrons. The number of carbonyl (C=O) groups excluding carboxylic acids is 2. The fourth-order valence-electron chi connectivity index (χ4n) is 3.51. The Hall–Kier alpha value is -2.49. The Morgan fingerprint density at radius 2 is 1.93 bits per heavy atom. The Kier molecular flexibility index (Phi) is 6.96. The molecule has 1 heterocycles. The lowest BCUT2D eigenvalue weighted by molar-refractivity contribution is -0.154. The van der Waals surface area contributed by atoms with Crippen molar-refractivity contribution in [2.24, 2.45) is 11.8 Å². The summed E-state index contributed by atoms with van der Waals surface area (Å²) in [7, 11) is 0. The van der Waals surface area contributed by atoms with Crippen LogP contribution < -0.4 is 16.2 Å². The fourth-order valence-corrected chi connectivity index (χ4v) is 3.51.